The van der Waals surface area contributed by atoms with Crippen molar-refractivity contribution in [1.82, 2.24) is 0 Å². The summed E-state index contributed by atoms with van der Waals surface area (Å²) in [5.74, 6) is -2.18. The third-order valence-corrected chi connectivity index (χ3v) is 6.87. The molecule has 0 aromatic rings. The number of methoxy groups -OCH3 is 2. The first-order valence-electron chi connectivity index (χ1n) is 9.73. The summed E-state index contributed by atoms with van der Waals surface area (Å²) in [5, 5.41) is 11.7. The summed E-state index contributed by atoms with van der Waals surface area (Å²) in [5.41, 5.74) is 0. The number of carbonyl (C=O) groups excluding carboxylic acids is 2. The maximum atomic E-state index is 11.8. The normalized spacial score (nSPS) is 13.6. The minimum Gasteiger partial charge on any atom is -0.468 e. The second kappa shape index (κ2) is 13.1. The van der Waals surface area contributed by atoms with Crippen LogP contribution in [0, 0.1) is 5.92 Å². The van der Waals surface area contributed by atoms with E-state index in [1.807, 2.05) is 6.08 Å². The minimum atomic E-state index is -1.78. The van der Waals surface area contributed by atoms with Gasteiger partial charge in [-0.25, -0.2) is 0 Å². The first-order valence-corrected chi connectivity index (χ1v) is 13.2. The van der Waals surface area contributed by atoms with Gasteiger partial charge in [-0.05, 0) is 12.8 Å². The number of carbonyl (C=O) groups is 2. The van der Waals surface area contributed by atoms with Crippen molar-refractivity contribution in [2.75, 3.05) is 14.2 Å². The van der Waals surface area contributed by atoms with Crippen molar-refractivity contribution >= 4 is 20.0 Å². The van der Waals surface area contributed by atoms with Gasteiger partial charge in [0.1, 0.15) is 0 Å². The van der Waals surface area contributed by atoms with E-state index in [9.17, 15) is 14.7 Å². The van der Waals surface area contributed by atoms with E-state index in [1.165, 1.54) is 39.9 Å². The number of unbranched alkanes of at least 4 members (excludes halogenated alkanes) is 5. The number of hydrogen-bond donors (Lipinski definition) is 1. The highest BCUT2D eigenvalue weighted by Gasteiger charge is 2.30. The van der Waals surface area contributed by atoms with Crippen molar-refractivity contribution in [2.24, 2.45) is 5.92 Å². The molecule has 0 aromatic carbocycles. The second-order valence-corrected chi connectivity index (χ2v) is 12.9. The fraction of sp³-hybridized carbons (Fsp3) is 0.800. The first kappa shape index (κ1) is 24.9. The Morgan fingerprint density at radius 3 is 1.92 bits per heavy atom. The highest BCUT2D eigenvalue weighted by Crippen LogP contribution is 2.24. The highest BCUT2D eigenvalue weighted by molar-refractivity contribution is 6.83. The number of esters is 2. The molecule has 0 aliphatic carbocycles. The SMILES string of the molecule is CCCCCCCCC(O)/C(=C/CC(C(=O)OC)C(=O)OC)[Si](C)(C)C. The maximum absolute atomic E-state index is 11.8. The molecule has 0 saturated carbocycles. The molecule has 6 heteroatoms. The van der Waals surface area contributed by atoms with Gasteiger partial charge < -0.3 is 14.6 Å². The summed E-state index contributed by atoms with van der Waals surface area (Å²) in [6.45, 7) is 8.68. The topological polar surface area (TPSA) is 72.8 Å². The lowest BCUT2D eigenvalue weighted by Gasteiger charge is -2.26. The molecule has 1 atom stereocenters. The second-order valence-electron chi connectivity index (χ2n) is 7.82. The van der Waals surface area contributed by atoms with Gasteiger partial charge in [0.15, 0.2) is 5.92 Å². The van der Waals surface area contributed by atoms with Gasteiger partial charge in [0.25, 0.3) is 0 Å². The molecule has 0 aliphatic heterocycles. The van der Waals surface area contributed by atoms with Crippen molar-refractivity contribution in [3.05, 3.63) is 11.3 Å². The number of hydrogen-bond acceptors (Lipinski definition) is 5. The van der Waals surface area contributed by atoms with Gasteiger partial charge in [0, 0.05) is 0 Å². The molecule has 0 bridgehead atoms. The van der Waals surface area contributed by atoms with Crippen molar-refractivity contribution in [3.8, 4) is 0 Å². The zero-order valence-corrected chi connectivity index (χ0v) is 18.5. The number of aliphatic hydroxyl groups excluding tert-OH is 1. The molecular weight excluding hydrogens is 348 g/mol. The Morgan fingerprint density at radius 1 is 0.962 bits per heavy atom. The van der Waals surface area contributed by atoms with Crippen molar-refractivity contribution < 1.29 is 24.2 Å². The molecular formula is C20H38O5Si. The van der Waals surface area contributed by atoms with Crippen LogP contribution in [0.5, 0.6) is 0 Å². The Hall–Kier alpha value is -1.14. The molecule has 0 radical (unpaired) electrons. The lowest BCUT2D eigenvalue weighted by atomic mass is 10.0. The Labute approximate surface area is 160 Å². The third-order valence-electron chi connectivity index (χ3n) is 4.60. The molecule has 1 N–H and O–H groups in total. The van der Waals surface area contributed by atoms with E-state index in [-0.39, 0.29) is 6.42 Å². The van der Waals surface area contributed by atoms with Crippen LogP contribution in [0.4, 0.5) is 0 Å². The first-order chi connectivity index (χ1) is 12.2. The minimum absolute atomic E-state index is 0.201. The molecule has 0 amide bonds. The van der Waals surface area contributed by atoms with Gasteiger partial charge >= 0.3 is 11.9 Å². The Balaban J connectivity index is 4.92. The molecule has 0 aliphatic rings. The van der Waals surface area contributed by atoms with Crippen molar-refractivity contribution in [1.29, 1.82) is 0 Å². The van der Waals surface area contributed by atoms with Gasteiger partial charge in [-0.2, -0.15) is 0 Å². The zero-order chi connectivity index (χ0) is 20.2. The number of rotatable bonds is 13. The van der Waals surface area contributed by atoms with Gasteiger partial charge in [0.05, 0.1) is 28.4 Å². The summed E-state index contributed by atoms with van der Waals surface area (Å²) in [6, 6.07) is 0. The van der Waals surface area contributed by atoms with Gasteiger partial charge in [-0.15, -0.1) is 0 Å². The summed E-state index contributed by atoms with van der Waals surface area (Å²) in [7, 11) is 0.737. The lowest BCUT2D eigenvalue weighted by Crippen LogP contribution is -2.33. The molecule has 5 nitrogen and oxygen atoms in total. The summed E-state index contributed by atoms with van der Waals surface area (Å²) in [4.78, 5) is 23.7. The average molecular weight is 387 g/mol. The number of aliphatic hydroxyl groups is 1. The standard InChI is InChI=1S/C20H38O5Si/c1-7-8-9-10-11-12-13-17(21)18(26(4,5)6)15-14-16(19(22)24-2)20(23)25-3/h15-17,21H,7-14H2,1-6H3/b18-15-. The largest absolute Gasteiger partial charge is 0.468 e. The molecule has 0 fully saturated rings. The fourth-order valence-electron chi connectivity index (χ4n) is 3.03. The van der Waals surface area contributed by atoms with Crippen molar-refractivity contribution in [2.45, 2.75) is 84.0 Å². The maximum Gasteiger partial charge on any atom is 0.320 e. The quantitative estimate of drug-likeness (QED) is 0.222. The predicted octanol–water partition coefficient (Wildman–Crippen LogP) is 4.25. The number of ether oxygens (including phenoxy) is 2. The van der Waals surface area contributed by atoms with Crippen LogP contribution in [0.3, 0.4) is 0 Å². The number of allylic oxidation sites excluding steroid dienone is 1. The van der Waals surface area contributed by atoms with Crippen LogP contribution in [0.25, 0.3) is 0 Å². The Kier molecular flexibility index (Phi) is 12.5. The van der Waals surface area contributed by atoms with E-state index in [0.717, 1.165) is 24.5 Å². The molecule has 26 heavy (non-hydrogen) atoms. The van der Waals surface area contributed by atoms with E-state index in [2.05, 4.69) is 26.6 Å². The summed E-state index contributed by atoms with van der Waals surface area (Å²) in [6.07, 6.45) is 9.36. The third kappa shape index (κ3) is 9.53. The van der Waals surface area contributed by atoms with Crippen LogP contribution >= 0.6 is 0 Å². The molecule has 0 heterocycles. The van der Waals surface area contributed by atoms with Crippen molar-refractivity contribution in [3.63, 3.8) is 0 Å². The molecule has 0 saturated heterocycles. The fourth-order valence-corrected chi connectivity index (χ4v) is 4.91. The van der Waals surface area contributed by atoms with Crippen LogP contribution in [-0.4, -0.2) is 45.4 Å². The Bertz CT molecular complexity index is 438. The predicted molar refractivity (Wildman–Crippen MR) is 108 cm³/mol. The molecule has 0 aromatic heterocycles. The summed E-state index contributed by atoms with van der Waals surface area (Å²) >= 11 is 0. The Morgan fingerprint density at radius 2 is 1.46 bits per heavy atom. The van der Waals surface area contributed by atoms with Crippen LogP contribution in [-0.2, 0) is 19.1 Å². The van der Waals surface area contributed by atoms with E-state index < -0.39 is 32.0 Å². The van der Waals surface area contributed by atoms with E-state index in [0.29, 0.717) is 0 Å². The zero-order valence-electron chi connectivity index (χ0n) is 17.5. The van der Waals surface area contributed by atoms with E-state index >= 15 is 0 Å². The highest BCUT2D eigenvalue weighted by atomic mass is 28.3. The van der Waals surface area contributed by atoms with Gasteiger partial charge in [-0.3, -0.25) is 9.59 Å². The van der Waals surface area contributed by atoms with E-state index in [4.69, 9.17) is 9.47 Å². The van der Waals surface area contributed by atoms with Crippen LogP contribution in [0.1, 0.15) is 58.3 Å². The van der Waals surface area contributed by atoms with Gasteiger partial charge in [0.2, 0.25) is 0 Å². The smallest absolute Gasteiger partial charge is 0.320 e. The van der Waals surface area contributed by atoms with E-state index in [1.54, 1.807) is 0 Å². The summed E-state index contributed by atoms with van der Waals surface area (Å²) < 4.78 is 9.41. The van der Waals surface area contributed by atoms with Crippen LogP contribution in [0.15, 0.2) is 11.3 Å². The lowest BCUT2D eigenvalue weighted by molar-refractivity contribution is -0.158. The molecule has 0 spiro atoms. The van der Waals surface area contributed by atoms with Gasteiger partial charge in [-0.1, -0.05) is 76.4 Å². The van der Waals surface area contributed by atoms with Crippen LogP contribution in [0.2, 0.25) is 19.6 Å². The monoisotopic (exact) mass is 386 g/mol. The molecule has 1 unspecified atom stereocenters. The average Bonchev–Trinajstić information content (AvgIpc) is 2.59. The molecule has 0 rings (SSSR count). The molecule has 152 valence electrons. The van der Waals surface area contributed by atoms with Crippen LogP contribution < -0.4 is 0 Å².